The van der Waals surface area contributed by atoms with Gasteiger partial charge in [0.25, 0.3) is 0 Å². The van der Waals surface area contributed by atoms with Crippen LogP contribution in [0.5, 0.6) is 0 Å². The van der Waals surface area contributed by atoms with Crippen molar-refractivity contribution in [2.45, 2.75) is 33.4 Å². The first kappa shape index (κ1) is 11.6. The van der Waals surface area contributed by atoms with Crippen molar-refractivity contribution in [2.24, 2.45) is 10.7 Å². The van der Waals surface area contributed by atoms with Crippen LogP contribution < -0.4 is 5.73 Å². The van der Waals surface area contributed by atoms with E-state index in [4.69, 9.17) is 10.2 Å². The standard InChI is InChI=1S/C11H19N3O/c1-4-14(11(12)13-9(2)3)8-10-6-5-7-15-10/h5-7,9H,4,8H2,1-3H3,(H2,12,13). The van der Waals surface area contributed by atoms with E-state index in [2.05, 4.69) is 4.99 Å². The molecule has 0 aliphatic carbocycles. The predicted octanol–water partition coefficient (Wildman–Crippen LogP) is 1.82. The SMILES string of the molecule is CCN(Cc1ccco1)C(N)=NC(C)C. The zero-order valence-electron chi connectivity index (χ0n) is 9.60. The molecule has 84 valence electrons. The number of guanidine groups is 1. The zero-order valence-corrected chi connectivity index (χ0v) is 9.60. The highest BCUT2D eigenvalue weighted by Crippen LogP contribution is 2.05. The highest BCUT2D eigenvalue weighted by molar-refractivity contribution is 5.78. The molecular formula is C11H19N3O. The van der Waals surface area contributed by atoms with Crippen LogP contribution in [0.2, 0.25) is 0 Å². The van der Waals surface area contributed by atoms with Gasteiger partial charge < -0.3 is 15.1 Å². The fourth-order valence-electron chi connectivity index (χ4n) is 1.29. The van der Waals surface area contributed by atoms with E-state index in [9.17, 15) is 0 Å². The number of aliphatic imine (C=N–C) groups is 1. The number of hydrogen-bond donors (Lipinski definition) is 1. The maximum atomic E-state index is 5.88. The van der Waals surface area contributed by atoms with Crippen molar-refractivity contribution in [2.75, 3.05) is 6.54 Å². The van der Waals surface area contributed by atoms with Gasteiger partial charge in [-0.1, -0.05) is 0 Å². The minimum Gasteiger partial charge on any atom is -0.467 e. The van der Waals surface area contributed by atoms with E-state index < -0.39 is 0 Å². The number of rotatable bonds is 4. The average molecular weight is 209 g/mol. The van der Waals surface area contributed by atoms with Gasteiger partial charge in [-0.2, -0.15) is 0 Å². The molecule has 1 heterocycles. The predicted molar refractivity (Wildman–Crippen MR) is 61.6 cm³/mol. The van der Waals surface area contributed by atoms with Crippen LogP contribution in [0.15, 0.2) is 27.8 Å². The van der Waals surface area contributed by atoms with Crippen LogP contribution in [0.3, 0.4) is 0 Å². The molecule has 0 bridgehead atoms. The highest BCUT2D eigenvalue weighted by Gasteiger charge is 2.08. The maximum Gasteiger partial charge on any atom is 0.191 e. The number of nitrogens with zero attached hydrogens (tertiary/aromatic N) is 2. The monoisotopic (exact) mass is 209 g/mol. The van der Waals surface area contributed by atoms with Gasteiger partial charge in [-0.15, -0.1) is 0 Å². The Morgan fingerprint density at radius 3 is 2.80 bits per heavy atom. The Hall–Kier alpha value is -1.45. The van der Waals surface area contributed by atoms with Crippen molar-refractivity contribution in [3.05, 3.63) is 24.2 Å². The Balaban J connectivity index is 2.63. The maximum absolute atomic E-state index is 5.88. The highest BCUT2D eigenvalue weighted by atomic mass is 16.3. The molecule has 0 saturated carbocycles. The molecule has 0 atom stereocenters. The molecule has 1 rings (SSSR count). The second kappa shape index (κ2) is 5.44. The van der Waals surface area contributed by atoms with Crippen molar-refractivity contribution >= 4 is 5.96 Å². The molecular weight excluding hydrogens is 190 g/mol. The molecule has 0 unspecified atom stereocenters. The molecule has 1 aromatic rings. The molecule has 0 fully saturated rings. The zero-order chi connectivity index (χ0) is 11.3. The molecule has 4 nitrogen and oxygen atoms in total. The van der Waals surface area contributed by atoms with E-state index in [1.54, 1.807) is 6.26 Å². The minimum atomic E-state index is 0.218. The van der Waals surface area contributed by atoms with Gasteiger partial charge in [0.1, 0.15) is 5.76 Å². The van der Waals surface area contributed by atoms with E-state index in [1.807, 2.05) is 37.8 Å². The van der Waals surface area contributed by atoms with Crippen LogP contribution in [0.25, 0.3) is 0 Å². The summed E-state index contributed by atoms with van der Waals surface area (Å²) in [5.74, 6) is 1.47. The summed E-state index contributed by atoms with van der Waals surface area (Å²) in [6.07, 6.45) is 1.67. The van der Waals surface area contributed by atoms with E-state index >= 15 is 0 Å². The van der Waals surface area contributed by atoms with Gasteiger partial charge in [0.05, 0.1) is 12.8 Å². The summed E-state index contributed by atoms with van der Waals surface area (Å²) in [5, 5.41) is 0. The van der Waals surface area contributed by atoms with Gasteiger partial charge in [-0.25, -0.2) is 0 Å². The average Bonchev–Trinajstić information content (AvgIpc) is 2.65. The lowest BCUT2D eigenvalue weighted by molar-refractivity contribution is 0.370. The largest absolute Gasteiger partial charge is 0.467 e. The first-order valence-corrected chi connectivity index (χ1v) is 5.24. The summed E-state index contributed by atoms with van der Waals surface area (Å²) >= 11 is 0. The normalized spacial score (nSPS) is 12.1. The summed E-state index contributed by atoms with van der Waals surface area (Å²) in [6.45, 7) is 7.56. The van der Waals surface area contributed by atoms with Crippen molar-refractivity contribution in [1.29, 1.82) is 0 Å². The third-order valence-electron chi connectivity index (χ3n) is 2.02. The van der Waals surface area contributed by atoms with E-state index in [1.165, 1.54) is 0 Å². The van der Waals surface area contributed by atoms with Crippen molar-refractivity contribution in [1.82, 2.24) is 4.90 Å². The van der Waals surface area contributed by atoms with Crippen LogP contribution in [0.4, 0.5) is 0 Å². The Morgan fingerprint density at radius 1 is 1.60 bits per heavy atom. The lowest BCUT2D eigenvalue weighted by atomic mass is 10.4. The van der Waals surface area contributed by atoms with E-state index in [0.717, 1.165) is 12.3 Å². The number of furan rings is 1. The van der Waals surface area contributed by atoms with E-state index in [-0.39, 0.29) is 6.04 Å². The van der Waals surface area contributed by atoms with Gasteiger partial charge in [0, 0.05) is 12.6 Å². The van der Waals surface area contributed by atoms with Gasteiger partial charge in [0.2, 0.25) is 0 Å². The third-order valence-corrected chi connectivity index (χ3v) is 2.02. The lowest BCUT2D eigenvalue weighted by Crippen LogP contribution is -2.37. The molecule has 2 N–H and O–H groups in total. The minimum absolute atomic E-state index is 0.218. The van der Waals surface area contributed by atoms with Gasteiger partial charge in [0.15, 0.2) is 5.96 Å². The number of nitrogens with two attached hydrogens (primary N) is 1. The number of hydrogen-bond acceptors (Lipinski definition) is 2. The summed E-state index contributed by atoms with van der Waals surface area (Å²) in [6, 6.07) is 4.03. The Kier molecular flexibility index (Phi) is 4.21. The lowest BCUT2D eigenvalue weighted by Gasteiger charge is -2.21. The van der Waals surface area contributed by atoms with Gasteiger partial charge in [-0.05, 0) is 32.9 Å². The van der Waals surface area contributed by atoms with Crippen LogP contribution >= 0.6 is 0 Å². The quantitative estimate of drug-likeness (QED) is 0.608. The fourth-order valence-corrected chi connectivity index (χ4v) is 1.29. The molecule has 0 aliphatic heterocycles. The second-order valence-corrected chi connectivity index (χ2v) is 3.67. The van der Waals surface area contributed by atoms with Crippen molar-refractivity contribution in [3.8, 4) is 0 Å². The second-order valence-electron chi connectivity index (χ2n) is 3.67. The van der Waals surface area contributed by atoms with Crippen molar-refractivity contribution < 1.29 is 4.42 Å². The first-order chi connectivity index (χ1) is 7.13. The Labute approximate surface area is 90.8 Å². The molecule has 0 aromatic carbocycles. The molecule has 1 aromatic heterocycles. The molecule has 4 heteroatoms. The Morgan fingerprint density at radius 2 is 2.33 bits per heavy atom. The smallest absolute Gasteiger partial charge is 0.191 e. The topological polar surface area (TPSA) is 54.8 Å². The summed E-state index contributed by atoms with van der Waals surface area (Å²) in [4.78, 5) is 6.29. The molecule has 0 aliphatic rings. The van der Waals surface area contributed by atoms with Crippen LogP contribution in [0.1, 0.15) is 26.5 Å². The Bertz CT molecular complexity index is 304. The van der Waals surface area contributed by atoms with Crippen LogP contribution in [-0.4, -0.2) is 23.4 Å². The molecule has 0 saturated heterocycles. The summed E-state index contributed by atoms with van der Waals surface area (Å²) in [5.41, 5.74) is 5.88. The third kappa shape index (κ3) is 3.65. The fraction of sp³-hybridized carbons (Fsp3) is 0.545. The molecule has 0 radical (unpaired) electrons. The van der Waals surface area contributed by atoms with Crippen molar-refractivity contribution in [3.63, 3.8) is 0 Å². The van der Waals surface area contributed by atoms with Crippen LogP contribution in [-0.2, 0) is 6.54 Å². The first-order valence-electron chi connectivity index (χ1n) is 5.24. The summed E-state index contributed by atoms with van der Waals surface area (Å²) in [7, 11) is 0. The molecule has 15 heavy (non-hydrogen) atoms. The van der Waals surface area contributed by atoms with Gasteiger partial charge >= 0.3 is 0 Å². The van der Waals surface area contributed by atoms with E-state index in [0.29, 0.717) is 12.5 Å². The van der Waals surface area contributed by atoms with Crippen LogP contribution in [0, 0.1) is 0 Å². The molecule has 0 spiro atoms. The van der Waals surface area contributed by atoms with Gasteiger partial charge in [-0.3, -0.25) is 4.99 Å². The summed E-state index contributed by atoms with van der Waals surface area (Å²) < 4.78 is 5.27. The molecule has 0 amide bonds.